The number of fused-ring (bicyclic) bond motifs is 1. The molecule has 0 aliphatic carbocycles. The number of nitrogens with one attached hydrogen (secondary N) is 1. The Morgan fingerprint density at radius 2 is 1.72 bits per heavy atom. The van der Waals surface area contributed by atoms with Crippen LogP contribution in [-0.2, 0) is 0 Å². The van der Waals surface area contributed by atoms with Crippen molar-refractivity contribution in [3.05, 3.63) is 95.6 Å². The third kappa shape index (κ3) is 3.01. The first-order chi connectivity index (χ1) is 12.2. The topological polar surface area (TPSA) is 32.3 Å². The van der Waals surface area contributed by atoms with E-state index in [0.29, 0.717) is 6.54 Å². The summed E-state index contributed by atoms with van der Waals surface area (Å²) in [6, 6.07) is 26.1. The van der Waals surface area contributed by atoms with Crippen molar-refractivity contribution in [1.82, 2.24) is 0 Å². The van der Waals surface area contributed by atoms with Gasteiger partial charge in [0.15, 0.2) is 0 Å². The van der Waals surface area contributed by atoms with Crippen molar-refractivity contribution < 1.29 is 4.79 Å². The number of aryl methyl sites for hydroxylation is 1. The van der Waals surface area contributed by atoms with Crippen molar-refractivity contribution in [2.24, 2.45) is 0 Å². The normalized spacial score (nSPS) is 16.0. The van der Waals surface area contributed by atoms with Gasteiger partial charge in [-0.05, 0) is 36.8 Å². The minimum absolute atomic E-state index is 0.0404. The summed E-state index contributed by atoms with van der Waals surface area (Å²) in [5.74, 6) is 0.0404. The monoisotopic (exact) mass is 328 g/mol. The Kier molecular flexibility index (Phi) is 3.98. The largest absolute Gasteiger partial charge is 0.375 e. The van der Waals surface area contributed by atoms with Gasteiger partial charge in [0.25, 0.3) is 5.91 Å². The molecule has 0 saturated carbocycles. The number of benzene rings is 3. The molecular weight excluding hydrogens is 308 g/mol. The van der Waals surface area contributed by atoms with Gasteiger partial charge in [0.2, 0.25) is 0 Å². The van der Waals surface area contributed by atoms with Crippen LogP contribution in [0.1, 0.15) is 27.5 Å². The quantitative estimate of drug-likeness (QED) is 0.732. The maximum atomic E-state index is 13.2. The van der Waals surface area contributed by atoms with Crippen molar-refractivity contribution >= 4 is 17.3 Å². The van der Waals surface area contributed by atoms with E-state index in [1.165, 1.54) is 5.56 Å². The van der Waals surface area contributed by atoms with Gasteiger partial charge in [-0.15, -0.1) is 0 Å². The lowest BCUT2D eigenvalue weighted by Gasteiger charge is -2.36. The Labute approximate surface area is 147 Å². The second-order valence-electron chi connectivity index (χ2n) is 6.41. The van der Waals surface area contributed by atoms with Gasteiger partial charge in [-0.25, -0.2) is 0 Å². The zero-order valence-electron chi connectivity index (χ0n) is 14.1. The molecule has 0 aromatic heterocycles. The third-order valence-electron chi connectivity index (χ3n) is 4.60. The van der Waals surface area contributed by atoms with Gasteiger partial charge < -0.3 is 10.2 Å². The summed E-state index contributed by atoms with van der Waals surface area (Å²) in [4.78, 5) is 15.1. The van der Waals surface area contributed by atoms with Crippen LogP contribution in [0.4, 0.5) is 11.4 Å². The summed E-state index contributed by atoms with van der Waals surface area (Å²) in [5.41, 5.74) is 4.92. The number of para-hydroxylation sites is 2. The molecule has 3 aromatic carbocycles. The fourth-order valence-electron chi connectivity index (χ4n) is 3.35. The fraction of sp³-hybridized carbons (Fsp3) is 0.136. The molecule has 0 saturated heterocycles. The van der Waals surface area contributed by atoms with Crippen molar-refractivity contribution in [3.8, 4) is 0 Å². The van der Waals surface area contributed by atoms with E-state index in [1.54, 1.807) is 0 Å². The van der Waals surface area contributed by atoms with Gasteiger partial charge in [0.1, 0.15) is 0 Å². The summed E-state index contributed by atoms with van der Waals surface area (Å²) in [5, 5.41) is 3.57. The average Bonchev–Trinajstić information content (AvgIpc) is 2.67. The van der Waals surface area contributed by atoms with Crippen LogP contribution in [0.2, 0.25) is 0 Å². The minimum atomic E-state index is 0.0404. The second-order valence-corrected chi connectivity index (χ2v) is 6.41. The van der Waals surface area contributed by atoms with Crippen molar-refractivity contribution in [3.63, 3.8) is 0 Å². The lowest BCUT2D eigenvalue weighted by atomic mass is 10.0. The number of hydrogen-bond acceptors (Lipinski definition) is 2. The lowest BCUT2D eigenvalue weighted by molar-refractivity contribution is 0.0985. The van der Waals surface area contributed by atoms with Gasteiger partial charge in [-0.2, -0.15) is 0 Å². The molecule has 1 atom stereocenters. The number of rotatable bonds is 2. The number of anilines is 2. The summed E-state index contributed by atoms with van der Waals surface area (Å²) < 4.78 is 0. The second kappa shape index (κ2) is 6.44. The van der Waals surface area contributed by atoms with E-state index in [1.807, 2.05) is 78.6 Å². The molecule has 1 amide bonds. The Bertz CT molecular complexity index is 905. The summed E-state index contributed by atoms with van der Waals surface area (Å²) in [6.07, 6.45) is 0. The van der Waals surface area contributed by atoms with E-state index in [9.17, 15) is 4.79 Å². The highest BCUT2D eigenvalue weighted by molar-refractivity contribution is 6.08. The van der Waals surface area contributed by atoms with E-state index in [4.69, 9.17) is 0 Å². The molecule has 4 rings (SSSR count). The molecule has 3 heteroatoms. The highest BCUT2D eigenvalue weighted by atomic mass is 16.2. The molecule has 1 aliphatic heterocycles. The van der Waals surface area contributed by atoms with E-state index < -0.39 is 0 Å². The Morgan fingerprint density at radius 1 is 0.960 bits per heavy atom. The van der Waals surface area contributed by atoms with Crippen LogP contribution in [0.25, 0.3) is 0 Å². The molecule has 1 heterocycles. The standard InChI is InChI=1S/C22H20N2O/c1-16-8-7-11-18(14-16)22(25)24-15-20(17-9-3-2-4-10-17)23-19-12-5-6-13-21(19)24/h2-14,20,23H,15H2,1H3. The molecule has 124 valence electrons. The fourth-order valence-corrected chi connectivity index (χ4v) is 3.35. The van der Waals surface area contributed by atoms with Crippen LogP contribution < -0.4 is 10.2 Å². The number of nitrogens with zero attached hydrogens (tertiary/aromatic N) is 1. The summed E-state index contributed by atoms with van der Waals surface area (Å²) >= 11 is 0. The first-order valence-electron chi connectivity index (χ1n) is 8.51. The summed E-state index contributed by atoms with van der Waals surface area (Å²) in [6.45, 7) is 2.61. The highest BCUT2D eigenvalue weighted by Crippen LogP contribution is 2.36. The van der Waals surface area contributed by atoms with Crippen LogP contribution in [0.5, 0.6) is 0 Å². The van der Waals surface area contributed by atoms with Gasteiger partial charge >= 0.3 is 0 Å². The van der Waals surface area contributed by atoms with Crippen molar-refractivity contribution in [1.29, 1.82) is 0 Å². The summed E-state index contributed by atoms with van der Waals surface area (Å²) in [7, 11) is 0. The van der Waals surface area contributed by atoms with Gasteiger partial charge in [-0.3, -0.25) is 4.79 Å². The van der Waals surface area contributed by atoms with Gasteiger partial charge in [0.05, 0.1) is 24.0 Å². The highest BCUT2D eigenvalue weighted by Gasteiger charge is 2.29. The average molecular weight is 328 g/mol. The van der Waals surface area contributed by atoms with Crippen molar-refractivity contribution in [2.75, 3.05) is 16.8 Å². The number of amides is 1. The zero-order chi connectivity index (χ0) is 17.2. The number of carbonyl (C=O) groups is 1. The van der Waals surface area contributed by atoms with E-state index in [0.717, 1.165) is 22.5 Å². The molecule has 1 aliphatic rings. The predicted octanol–water partition coefficient (Wildman–Crippen LogP) is 4.81. The molecular formula is C22H20N2O. The molecule has 0 fully saturated rings. The minimum Gasteiger partial charge on any atom is -0.375 e. The van der Waals surface area contributed by atoms with Crippen LogP contribution >= 0.6 is 0 Å². The molecule has 25 heavy (non-hydrogen) atoms. The smallest absolute Gasteiger partial charge is 0.258 e. The van der Waals surface area contributed by atoms with Gasteiger partial charge in [-0.1, -0.05) is 60.2 Å². The number of hydrogen-bond donors (Lipinski definition) is 1. The Morgan fingerprint density at radius 3 is 2.52 bits per heavy atom. The van der Waals surface area contributed by atoms with Crippen LogP contribution in [0, 0.1) is 6.92 Å². The molecule has 0 bridgehead atoms. The SMILES string of the molecule is Cc1cccc(C(=O)N2CC(c3ccccc3)Nc3ccccc32)c1. The first kappa shape index (κ1) is 15.5. The molecule has 0 radical (unpaired) electrons. The van der Waals surface area contributed by atoms with Crippen LogP contribution in [-0.4, -0.2) is 12.5 Å². The van der Waals surface area contributed by atoms with Crippen molar-refractivity contribution in [2.45, 2.75) is 13.0 Å². The maximum absolute atomic E-state index is 13.2. The lowest BCUT2D eigenvalue weighted by Crippen LogP contribution is -2.40. The first-order valence-corrected chi connectivity index (χ1v) is 8.51. The zero-order valence-corrected chi connectivity index (χ0v) is 14.1. The Hall–Kier alpha value is -3.07. The molecule has 1 N–H and O–H groups in total. The molecule has 3 aromatic rings. The van der Waals surface area contributed by atoms with Crippen LogP contribution in [0.3, 0.4) is 0 Å². The Balaban J connectivity index is 1.74. The molecule has 3 nitrogen and oxygen atoms in total. The maximum Gasteiger partial charge on any atom is 0.258 e. The van der Waals surface area contributed by atoms with E-state index >= 15 is 0 Å². The van der Waals surface area contributed by atoms with Gasteiger partial charge in [0, 0.05) is 5.56 Å². The molecule has 0 spiro atoms. The number of carbonyl (C=O) groups excluding carboxylic acids is 1. The predicted molar refractivity (Wildman–Crippen MR) is 102 cm³/mol. The third-order valence-corrected chi connectivity index (χ3v) is 4.60. The van der Waals surface area contributed by atoms with E-state index in [-0.39, 0.29) is 11.9 Å². The molecule has 1 unspecified atom stereocenters. The van der Waals surface area contributed by atoms with Crippen LogP contribution in [0.15, 0.2) is 78.9 Å². The van der Waals surface area contributed by atoms with E-state index in [2.05, 4.69) is 17.4 Å².